The Bertz CT molecular complexity index is 1050. The summed E-state index contributed by atoms with van der Waals surface area (Å²) in [5, 5.41) is 0. The number of unbranched alkanes of at least 4 members (excludes halogenated alkanes) is 1. The number of amides is 1. The number of hydrogen-bond acceptors (Lipinski definition) is 4. The van der Waals surface area contributed by atoms with E-state index in [1.807, 2.05) is 20.8 Å². The van der Waals surface area contributed by atoms with Crippen molar-refractivity contribution >= 4 is 23.0 Å². The van der Waals surface area contributed by atoms with Crippen molar-refractivity contribution in [3.63, 3.8) is 0 Å². The lowest BCUT2D eigenvalue weighted by Gasteiger charge is -2.24. The molecule has 0 fully saturated rings. The summed E-state index contributed by atoms with van der Waals surface area (Å²) < 4.78 is 14.5. The van der Waals surface area contributed by atoms with Crippen molar-refractivity contribution in [2.75, 3.05) is 17.2 Å². The van der Waals surface area contributed by atoms with Crippen LogP contribution in [-0.4, -0.2) is 22.0 Å². The van der Waals surface area contributed by atoms with Crippen LogP contribution >= 0.6 is 0 Å². The zero-order valence-electron chi connectivity index (χ0n) is 18.6. The second-order valence-electron chi connectivity index (χ2n) is 8.00. The minimum absolute atomic E-state index is 0.0212. The van der Waals surface area contributed by atoms with Crippen molar-refractivity contribution in [3.8, 4) is 0 Å². The summed E-state index contributed by atoms with van der Waals surface area (Å²) in [7, 11) is 0. The molecule has 0 aliphatic rings. The van der Waals surface area contributed by atoms with Crippen molar-refractivity contribution in [3.05, 3.63) is 62.6 Å². The van der Waals surface area contributed by atoms with Gasteiger partial charge in [0.1, 0.15) is 11.6 Å². The van der Waals surface area contributed by atoms with Crippen LogP contribution in [0.5, 0.6) is 0 Å². The number of carbonyl (C=O) groups is 1. The fourth-order valence-electron chi connectivity index (χ4n) is 3.16. The van der Waals surface area contributed by atoms with Crippen LogP contribution in [0, 0.1) is 11.7 Å². The van der Waals surface area contributed by atoms with Gasteiger partial charge in [0, 0.05) is 19.2 Å². The Kier molecular flexibility index (Phi) is 8.36. The third-order valence-corrected chi connectivity index (χ3v) is 5.05. The monoisotopic (exact) mass is 430 g/mol. The summed E-state index contributed by atoms with van der Waals surface area (Å²) in [5.41, 5.74) is 6.22. The Hall–Kier alpha value is -3.16. The smallest absolute Gasteiger partial charge is 0.330 e. The van der Waals surface area contributed by atoms with Crippen molar-refractivity contribution in [1.29, 1.82) is 0 Å². The molecule has 0 saturated heterocycles. The summed E-state index contributed by atoms with van der Waals surface area (Å²) >= 11 is 0. The maximum absolute atomic E-state index is 13.2. The number of halogens is 1. The normalized spacial score (nSPS) is 11.7. The molecule has 0 aliphatic carbocycles. The highest BCUT2D eigenvalue weighted by molar-refractivity contribution is 6.06. The van der Waals surface area contributed by atoms with Gasteiger partial charge in [-0.15, -0.1) is 0 Å². The van der Waals surface area contributed by atoms with E-state index in [0.29, 0.717) is 30.5 Å². The summed E-state index contributed by atoms with van der Waals surface area (Å²) in [6.45, 7) is 8.36. The number of hydrogen-bond donors (Lipinski definition) is 2. The Morgan fingerprint density at radius 1 is 1.26 bits per heavy atom. The molecule has 1 aromatic carbocycles. The quantitative estimate of drug-likeness (QED) is 0.594. The van der Waals surface area contributed by atoms with Crippen molar-refractivity contribution < 1.29 is 9.18 Å². The van der Waals surface area contributed by atoms with E-state index in [9.17, 15) is 18.8 Å². The van der Waals surface area contributed by atoms with Gasteiger partial charge in [-0.2, -0.15) is 0 Å². The fourth-order valence-corrected chi connectivity index (χ4v) is 3.16. The first-order valence-corrected chi connectivity index (χ1v) is 10.5. The van der Waals surface area contributed by atoms with Gasteiger partial charge in [-0.3, -0.25) is 19.1 Å². The number of nitrogens with one attached hydrogen (secondary N) is 1. The molecular formula is C23H31FN4O3. The molecule has 0 aliphatic heterocycles. The van der Waals surface area contributed by atoms with Gasteiger partial charge in [0.2, 0.25) is 0 Å². The van der Waals surface area contributed by atoms with Gasteiger partial charge in [-0.05, 0) is 49.0 Å². The van der Waals surface area contributed by atoms with Crippen LogP contribution in [0.15, 0.2) is 39.9 Å². The molecule has 1 amide bonds. The van der Waals surface area contributed by atoms with Gasteiger partial charge < -0.3 is 10.6 Å². The van der Waals surface area contributed by atoms with Crippen LogP contribution < -0.4 is 21.9 Å². The molecule has 0 unspecified atom stereocenters. The number of nitrogens with two attached hydrogens (primary N) is 1. The van der Waals surface area contributed by atoms with E-state index in [1.54, 1.807) is 19.1 Å². The molecule has 2 rings (SSSR count). The summed E-state index contributed by atoms with van der Waals surface area (Å²) in [4.78, 5) is 41.7. The Morgan fingerprint density at radius 3 is 2.48 bits per heavy atom. The zero-order chi connectivity index (χ0) is 23.1. The fraction of sp³-hybridized carbons (Fsp3) is 0.435. The maximum Gasteiger partial charge on any atom is 0.330 e. The average Bonchev–Trinajstić information content (AvgIpc) is 2.70. The molecule has 0 spiro atoms. The zero-order valence-corrected chi connectivity index (χ0v) is 18.6. The average molecular weight is 431 g/mol. The number of aromatic nitrogens is 2. The topological polar surface area (TPSA) is 101 Å². The van der Waals surface area contributed by atoms with Crippen LogP contribution in [-0.2, 0) is 11.3 Å². The number of H-pyrrole nitrogens is 1. The highest BCUT2D eigenvalue weighted by Crippen LogP contribution is 2.21. The molecular weight excluding hydrogens is 399 g/mol. The Morgan fingerprint density at radius 2 is 1.90 bits per heavy atom. The van der Waals surface area contributed by atoms with E-state index in [-0.39, 0.29) is 29.8 Å². The van der Waals surface area contributed by atoms with Crippen LogP contribution in [0.2, 0.25) is 0 Å². The van der Waals surface area contributed by atoms with Gasteiger partial charge in [0.25, 0.3) is 11.5 Å². The molecule has 1 aromatic heterocycles. The first-order chi connectivity index (χ1) is 14.6. The van der Waals surface area contributed by atoms with Crippen LogP contribution in [0.3, 0.4) is 0 Å². The minimum Gasteiger partial charge on any atom is -0.383 e. The molecule has 0 bridgehead atoms. The lowest BCUT2D eigenvalue weighted by atomic mass is 10.1. The van der Waals surface area contributed by atoms with Gasteiger partial charge >= 0.3 is 5.69 Å². The molecule has 3 N–H and O–H groups in total. The number of allylic oxidation sites excluding steroid dienone is 1. The standard InChI is InChI=1S/C23H31FN4O3/c1-5-6-12-28-21(25)20(22(30)26-23(28)31)27(13-11-15(2)3)19(29)14-16(4)17-7-9-18(24)10-8-17/h7-10,14-15H,5-6,11-13,25H2,1-4H3,(H,26,30,31)/b16-14+. The van der Waals surface area contributed by atoms with Crippen LogP contribution in [0.25, 0.3) is 5.57 Å². The van der Waals surface area contributed by atoms with E-state index >= 15 is 0 Å². The number of nitrogen functional groups attached to an aromatic ring is 1. The van der Waals surface area contributed by atoms with Gasteiger partial charge in [-0.1, -0.05) is 39.3 Å². The largest absolute Gasteiger partial charge is 0.383 e. The van der Waals surface area contributed by atoms with E-state index in [1.165, 1.54) is 27.7 Å². The van der Waals surface area contributed by atoms with Crippen LogP contribution in [0.1, 0.15) is 52.5 Å². The Labute approximate surface area is 181 Å². The SMILES string of the molecule is CCCCn1c(N)c(N(CCC(C)C)C(=O)/C=C(\C)c2ccc(F)cc2)c(=O)[nH]c1=O. The number of aromatic amines is 1. The summed E-state index contributed by atoms with van der Waals surface area (Å²) in [5.74, 6) is -0.536. The lowest BCUT2D eigenvalue weighted by Crippen LogP contribution is -2.41. The second-order valence-corrected chi connectivity index (χ2v) is 8.00. The lowest BCUT2D eigenvalue weighted by molar-refractivity contribution is -0.114. The van der Waals surface area contributed by atoms with E-state index < -0.39 is 17.2 Å². The van der Waals surface area contributed by atoms with Crippen molar-refractivity contribution in [1.82, 2.24) is 9.55 Å². The van der Waals surface area contributed by atoms with Gasteiger partial charge in [0.05, 0.1) is 0 Å². The highest BCUT2D eigenvalue weighted by Gasteiger charge is 2.23. The number of rotatable bonds is 9. The number of nitrogens with zero attached hydrogens (tertiary/aromatic N) is 2. The molecule has 0 atom stereocenters. The van der Waals surface area contributed by atoms with E-state index in [0.717, 1.165) is 6.42 Å². The minimum atomic E-state index is -0.694. The van der Waals surface area contributed by atoms with E-state index in [4.69, 9.17) is 5.73 Å². The maximum atomic E-state index is 13.2. The molecule has 168 valence electrons. The predicted molar refractivity (Wildman–Crippen MR) is 123 cm³/mol. The number of benzene rings is 1. The summed E-state index contributed by atoms with van der Waals surface area (Å²) in [6.07, 6.45) is 3.59. The van der Waals surface area contributed by atoms with Gasteiger partial charge in [-0.25, -0.2) is 9.18 Å². The molecule has 0 saturated carbocycles. The molecule has 8 heteroatoms. The molecule has 7 nitrogen and oxygen atoms in total. The van der Waals surface area contributed by atoms with Gasteiger partial charge in [0.15, 0.2) is 5.69 Å². The summed E-state index contributed by atoms with van der Waals surface area (Å²) in [6, 6.07) is 5.80. The molecule has 1 heterocycles. The third-order valence-electron chi connectivity index (χ3n) is 5.05. The number of carbonyl (C=O) groups excluding carboxylic acids is 1. The van der Waals surface area contributed by atoms with Crippen molar-refractivity contribution in [2.24, 2.45) is 5.92 Å². The first-order valence-electron chi connectivity index (χ1n) is 10.5. The highest BCUT2D eigenvalue weighted by atomic mass is 19.1. The molecule has 0 radical (unpaired) electrons. The Balaban J connectivity index is 2.52. The van der Waals surface area contributed by atoms with Crippen molar-refractivity contribution in [2.45, 2.75) is 53.5 Å². The third kappa shape index (κ3) is 6.16. The second kappa shape index (κ2) is 10.7. The molecule has 2 aromatic rings. The van der Waals surface area contributed by atoms with E-state index in [2.05, 4.69) is 4.98 Å². The molecule has 31 heavy (non-hydrogen) atoms. The first kappa shape index (κ1) is 24.1. The number of anilines is 2. The van der Waals surface area contributed by atoms with Crippen LogP contribution in [0.4, 0.5) is 15.9 Å². The predicted octanol–water partition coefficient (Wildman–Crippen LogP) is 3.54.